The van der Waals surface area contributed by atoms with Gasteiger partial charge in [0.1, 0.15) is 0 Å². The monoisotopic (exact) mass is 281 g/mol. The maximum Gasteiger partial charge on any atom is 0.343 e. The molecule has 0 aliphatic heterocycles. The van der Waals surface area contributed by atoms with E-state index < -0.39 is 0 Å². The second-order valence-electron chi connectivity index (χ2n) is 6.27. The topological polar surface area (TPSA) is 50.2 Å². The summed E-state index contributed by atoms with van der Waals surface area (Å²) in [6.07, 6.45) is 7.02. The van der Waals surface area contributed by atoms with E-state index in [9.17, 15) is 4.79 Å². The van der Waals surface area contributed by atoms with Crippen LogP contribution >= 0.6 is 0 Å². The van der Waals surface area contributed by atoms with E-state index in [1.807, 2.05) is 0 Å². The number of carbonyl (C=O) groups is 1. The highest BCUT2D eigenvalue weighted by Gasteiger charge is 2.11. The highest BCUT2D eigenvalue weighted by atomic mass is 16.5. The summed E-state index contributed by atoms with van der Waals surface area (Å²) >= 11 is 0. The molecule has 0 heterocycles. The van der Waals surface area contributed by atoms with Crippen molar-refractivity contribution < 1.29 is 9.53 Å². The van der Waals surface area contributed by atoms with E-state index in [-0.39, 0.29) is 5.97 Å². The minimum Gasteiger partial charge on any atom is -0.462 e. The molecule has 20 heavy (non-hydrogen) atoms. The summed E-state index contributed by atoms with van der Waals surface area (Å²) in [5, 5.41) is 7.20. The first kappa shape index (κ1) is 18.9. The zero-order chi connectivity index (χ0) is 15.4. The van der Waals surface area contributed by atoms with Crippen molar-refractivity contribution in [2.75, 3.05) is 6.61 Å². The fraction of sp³-hybridized carbons (Fsp3) is 0.824. The van der Waals surface area contributed by atoms with Crippen molar-refractivity contribution in [2.24, 2.45) is 11.8 Å². The van der Waals surface area contributed by atoms with Crippen LogP contribution in [0.5, 0.6) is 0 Å². The van der Waals surface area contributed by atoms with Gasteiger partial charge < -0.3 is 4.74 Å². The van der Waals surface area contributed by atoms with Crippen molar-refractivity contribution in [3.63, 3.8) is 0 Å². The van der Waals surface area contributed by atoms with Crippen LogP contribution in [0.4, 0.5) is 0 Å². The molecular weight excluding hydrogens is 250 g/mol. The van der Waals surface area contributed by atoms with Gasteiger partial charge in [-0.15, -0.1) is 0 Å². The van der Waals surface area contributed by atoms with E-state index in [4.69, 9.17) is 10.1 Å². The Bertz CT molecular complexity index is 315. The Labute approximate surface area is 124 Å². The first-order chi connectivity index (χ1) is 9.47. The molecule has 0 aromatic heterocycles. The van der Waals surface area contributed by atoms with Gasteiger partial charge in [-0.2, -0.15) is 0 Å². The van der Waals surface area contributed by atoms with Gasteiger partial charge in [0.15, 0.2) is 0 Å². The standard InChI is InChI=1S/C17H31NO2/c1-14(2)9-6-5-7-11-16(13-18)17(19)20-12-8-10-15(3)4/h14-15,18H,5-12H2,1-4H3. The van der Waals surface area contributed by atoms with E-state index in [0.717, 1.165) is 31.6 Å². The number of ether oxygens (including phenoxy) is 1. The van der Waals surface area contributed by atoms with Crippen LogP contribution < -0.4 is 0 Å². The molecule has 0 amide bonds. The molecule has 0 unspecified atom stereocenters. The number of nitrogens with one attached hydrogen (secondary N) is 1. The van der Waals surface area contributed by atoms with Crippen LogP contribution in [0, 0.1) is 17.2 Å². The number of hydrogen-bond acceptors (Lipinski definition) is 3. The van der Waals surface area contributed by atoms with E-state index >= 15 is 0 Å². The van der Waals surface area contributed by atoms with E-state index in [2.05, 4.69) is 33.6 Å². The zero-order valence-electron chi connectivity index (χ0n) is 13.6. The summed E-state index contributed by atoms with van der Waals surface area (Å²) in [4.78, 5) is 11.7. The summed E-state index contributed by atoms with van der Waals surface area (Å²) < 4.78 is 5.18. The average Bonchev–Trinajstić information content (AvgIpc) is 2.38. The molecule has 116 valence electrons. The third kappa shape index (κ3) is 10.8. The molecule has 0 bridgehead atoms. The van der Waals surface area contributed by atoms with Gasteiger partial charge in [0.25, 0.3) is 0 Å². The number of unbranched alkanes of at least 4 members (excludes halogenated alkanes) is 2. The zero-order valence-corrected chi connectivity index (χ0v) is 13.6. The maximum atomic E-state index is 11.7. The summed E-state index contributed by atoms with van der Waals surface area (Å²) in [5.74, 6) is 3.26. The molecule has 3 heteroatoms. The molecule has 0 atom stereocenters. The van der Waals surface area contributed by atoms with Crippen molar-refractivity contribution in [1.29, 1.82) is 5.41 Å². The first-order valence-electron chi connectivity index (χ1n) is 7.93. The fourth-order valence-corrected chi connectivity index (χ4v) is 1.99. The second-order valence-corrected chi connectivity index (χ2v) is 6.27. The minimum atomic E-state index is -0.354. The second kappa shape index (κ2) is 11.7. The van der Waals surface area contributed by atoms with Crippen LogP contribution in [0.25, 0.3) is 0 Å². The van der Waals surface area contributed by atoms with Gasteiger partial charge in [0.05, 0.1) is 12.2 Å². The fourth-order valence-electron chi connectivity index (χ4n) is 1.99. The Morgan fingerprint density at radius 3 is 2.15 bits per heavy atom. The highest BCUT2D eigenvalue weighted by Crippen LogP contribution is 2.13. The Morgan fingerprint density at radius 1 is 1.00 bits per heavy atom. The van der Waals surface area contributed by atoms with Crippen LogP contribution in [0.3, 0.4) is 0 Å². The van der Waals surface area contributed by atoms with Gasteiger partial charge in [0, 0.05) is 0 Å². The van der Waals surface area contributed by atoms with Gasteiger partial charge in [-0.05, 0) is 43.4 Å². The Kier molecular flexibility index (Phi) is 11.1. The number of rotatable bonds is 11. The predicted octanol–water partition coefficient (Wildman–Crippen LogP) is 4.75. The van der Waals surface area contributed by atoms with Gasteiger partial charge in [0.2, 0.25) is 0 Å². The molecule has 0 aromatic rings. The molecular formula is C17H31NO2. The van der Waals surface area contributed by atoms with Crippen molar-refractivity contribution in [2.45, 2.75) is 72.6 Å². The van der Waals surface area contributed by atoms with Crippen LogP contribution in [0.15, 0.2) is 5.57 Å². The minimum absolute atomic E-state index is 0.354. The van der Waals surface area contributed by atoms with Crippen LogP contribution in [0.1, 0.15) is 72.6 Å². The van der Waals surface area contributed by atoms with Crippen LogP contribution in [-0.4, -0.2) is 18.4 Å². The summed E-state index contributed by atoms with van der Waals surface area (Å²) in [5.41, 5.74) is 0.388. The van der Waals surface area contributed by atoms with Gasteiger partial charge in [-0.3, -0.25) is 5.41 Å². The first-order valence-corrected chi connectivity index (χ1v) is 7.93. The lowest BCUT2D eigenvalue weighted by atomic mass is 10.0. The van der Waals surface area contributed by atoms with Crippen molar-refractivity contribution >= 4 is 11.8 Å². The van der Waals surface area contributed by atoms with Crippen molar-refractivity contribution in [3.8, 4) is 0 Å². The molecule has 0 rings (SSSR count). The Morgan fingerprint density at radius 2 is 1.60 bits per heavy atom. The third-order valence-corrected chi connectivity index (χ3v) is 3.26. The lowest BCUT2D eigenvalue weighted by Gasteiger charge is -2.08. The van der Waals surface area contributed by atoms with Gasteiger partial charge in [-0.25, -0.2) is 4.79 Å². The Balaban J connectivity index is 3.79. The number of esters is 1. The van der Waals surface area contributed by atoms with E-state index in [1.54, 1.807) is 0 Å². The normalized spacial score (nSPS) is 10.7. The van der Waals surface area contributed by atoms with Crippen molar-refractivity contribution in [3.05, 3.63) is 5.57 Å². The maximum absolute atomic E-state index is 11.7. The largest absolute Gasteiger partial charge is 0.462 e. The molecule has 3 nitrogen and oxygen atoms in total. The van der Waals surface area contributed by atoms with E-state index in [1.165, 1.54) is 12.8 Å². The van der Waals surface area contributed by atoms with E-state index in [0.29, 0.717) is 24.5 Å². The molecule has 0 saturated heterocycles. The molecule has 0 aliphatic rings. The lowest BCUT2D eigenvalue weighted by Crippen LogP contribution is -2.10. The SMILES string of the molecule is CC(C)CCCCCC(=C=N)C(=O)OCCCC(C)C. The quantitative estimate of drug-likeness (QED) is 0.257. The van der Waals surface area contributed by atoms with Crippen LogP contribution in [-0.2, 0) is 9.53 Å². The van der Waals surface area contributed by atoms with Crippen LogP contribution in [0.2, 0.25) is 0 Å². The summed E-state index contributed by atoms with van der Waals surface area (Å²) in [6, 6.07) is 0. The number of hydrogen-bond donors (Lipinski definition) is 1. The molecule has 0 spiro atoms. The highest BCUT2D eigenvalue weighted by molar-refractivity contribution is 5.97. The predicted molar refractivity (Wildman–Crippen MR) is 84.2 cm³/mol. The lowest BCUT2D eigenvalue weighted by molar-refractivity contribution is -0.139. The summed E-state index contributed by atoms with van der Waals surface area (Å²) in [7, 11) is 0. The molecule has 0 aromatic carbocycles. The van der Waals surface area contributed by atoms with Crippen molar-refractivity contribution in [1.82, 2.24) is 0 Å². The van der Waals surface area contributed by atoms with Gasteiger partial charge in [-0.1, -0.05) is 47.0 Å². The Hall–Kier alpha value is -1.08. The smallest absolute Gasteiger partial charge is 0.343 e. The molecule has 0 saturated carbocycles. The molecule has 0 fully saturated rings. The third-order valence-electron chi connectivity index (χ3n) is 3.26. The molecule has 0 aliphatic carbocycles. The average molecular weight is 281 g/mol. The van der Waals surface area contributed by atoms with Gasteiger partial charge >= 0.3 is 5.97 Å². The molecule has 0 radical (unpaired) electrons. The molecule has 1 N–H and O–H groups in total. The summed E-state index contributed by atoms with van der Waals surface area (Å²) in [6.45, 7) is 9.20. The number of carbonyl (C=O) groups excluding carboxylic acids is 1.